The summed E-state index contributed by atoms with van der Waals surface area (Å²) in [5.74, 6) is 0.318. The van der Waals surface area contributed by atoms with Gasteiger partial charge in [-0.05, 0) is 37.0 Å². The first-order valence-electron chi connectivity index (χ1n) is 9.91. The number of rotatable bonds is 10. The van der Waals surface area contributed by atoms with Crippen molar-refractivity contribution in [3.05, 3.63) is 29.8 Å². The molecule has 1 aliphatic rings. The van der Waals surface area contributed by atoms with Gasteiger partial charge in [0.1, 0.15) is 17.8 Å². The predicted octanol–water partition coefficient (Wildman–Crippen LogP) is 2.79. The Labute approximate surface area is 166 Å². The summed E-state index contributed by atoms with van der Waals surface area (Å²) in [5.41, 5.74) is -0.559. The summed E-state index contributed by atoms with van der Waals surface area (Å²) in [7, 11) is 1.56. The number of hydrogen-bond acceptors (Lipinski definition) is 4. The van der Waals surface area contributed by atoms with Gasteiger partial charge in [0.25, 0.3) is 5.91 Å². The fourth-order valence-electron chi connectivity index (χ4n) is 3.36. The second-order valence-corrected chi connectivity index (χ2v) is 7.40. The van der Waals surface area contributed by atoms with Crippen molar-refractivity contribution < 1.29 is 19.1 Å². The summed E-state index contributed by atoms with van der Waals surface area (Å²) < 4.78 is 5.13. The molecule has 1 aliphatic heterocycles. The second-order valence-electron chi connectivity index (χ2n) is 7.40. The SMILES string of the molecule is CCCC[C@@H](CC)CNC(=O)CN1C(=O)N[C@@](C)(c2ccc(OC)cc2)C1=O. The quantitative estimate of drug-likeness (QED) is 0.603. The number of unbranched alkanes of at least 4 members (excludes halogenated alkanes) is 1. The number of nitrogens with one attached hydrogen (secondary N) is 2. The Hall–Kier alpha value is -2.57. The van der Waals surface area contributed by atoms with Gasteiger partial charge in [-0.2, -0.15) is 0 Å². The van der Waals surface area contributed by atoms with Crippen LogP contribution in [-0.4, -0.2) is 42.9 Å². The molecule has 0 aliphatic carbocycles. The van der Waals surface area contributed by atoms with Gasteiger partial charge in [-0.1, -0.05) is 45.2 Å². The van der Waals surface area contributed by atoms with Crippen LogP contribution in [0.15, 0.2) is 24.3 Å². The van der Waals surface area contributed by atoms with Gasteiger partial charge in [-0.15, -0.1) is 0 Å². The highest BCUT2D eigenvalue weighted by Crippen LogP contribution is 2.29. The van der Waals surface area contributed by atoms with Crippen LogP contribution >= 0.6 is 0 Å². The lowest BCUT2D eigenvalue weighted by Crippen LogP contribution is -2.44. The number of amides is 4. The molecule has 0 spiro atoms. The topological polar surface area (TPSA) is 87.7 Å². The Bertz CT molecular complexity index is 704. The third-order valence-corrected chi connectivity index (χ3v) is 5.38. The van der Waals surface area contributed by atoms with Crippen LogP contribution in [0.25, 0.3) is 0 Å². The number of carbonyl (C=O) groups is 3. The molecule has 2 rings (SSSR count). The zero-order valence-corrected chi connectivity index (χ0v) is 17.2. The first-order valence-corrected chi connectivity index (χ1v) is 9.91. The van der Waals surface area contributed by atoms with Crippen molar-refractivity contribution in [2.45, 2.75) is 52.0 Å². The molecule has 1 heterocycles. The predicted molar refractivity (Wildman–Crippen MR) is 107 cm³/mol. The van der Waals surface area contributed by atoms with Crippen molar-refractivity contribution in [3.63, 3.8) is 0 Å². The summed E-state index contributed by atoms with van der Waals surface area (Å²) in [6, 6.07) is 6.38. The number of urea groups is 1. The standard InChI is InChI=1S/C21H31N3O4/c1-5-7-8-15(6-2)13-22-18(25)14-24-19(26)21(3,23-20(24)27)16-9-11-17(28-4)12-10-16/h9-12,15H,5-8,13-14H2,1-4H3,(H,22,25)(H,23,27)/t15-,21+/m1/s1. The molecule has 4 amide bonds. The van der Waals surface area contributed by atoms with Crippen LogP contribution in [0, 0.1) is 5.92 Å². The van der Waals surface area contributed by atoms with Gasteiger partial charge in [0.05, 0.1) is 7.11 Å². The van der Waals surface area contributed by atoms with E-state index < -0.39 is 17.5 Å². The molecule has 1 aromatic carbocycles. The van der Waals surface area contributed by atoms with Crippen LogP contribution in [0.5, 0.6) is 5.75 Å². The molecular formula is C21H31N3O4. The Balaban J connectivity index is 1.99. The van der Waals surface area contributed by atoms with Crippen LogP contribution < -0.4 is 15.4 Å². The van der Waals surface area contributed by atoms with Crippen LogP contribution in [-0.2, 0) is 15.1 Å². The molecule has 2 atom stereocenters. The van der Waals surface area contributed by atoms with Gasteiger partial charge in [0.2, 0.25) is 5.91 Å². The van der Waals surface area contributed by atoms with E-state index in [-0.39, 0.29) is 12.5 Å². The molecule has 1 fully saturated rings. The molecule has 0 aromatic heterocycles. The summed E-state index contributed by atoms with van der Waals surface area (Å²) in [6.07, 6.45) is 4.29. The molecule has 7 heteroatoms. The number of methoxy groups -OCH3 is 1. The third-order valence-electron chi connectivity index (χ3n) is 5.38. The molecule has 0 bridgehead atoms. The van der Waals surface area contributed by atoms with Gasteiger partial charge in [0, 0.05) is 6.54 Å². The van der Waals surface area contributed by atoms with Gasteiger partial charge < -0.3 is 15.4 Å². The van der Waals surface area contributed by atoms with Crippen molar-refractivity contribution in [1.29, 1.82) is 0 Å². The Kier molecular flexibility index (Phi) is 7.43. The van der Waals surface area contributed by atoms with Crippen LogP contribution in [0.2, 0.25) is 0 Å². The van der Waals surface area contributed by atoms with Gasteiger partial charge in [0.15, 0.2) is 0 Å². The lowest BCUT2D eigenvalue weighted by atomic mass is 9.92. The molecule has 7 nitrogen and oxygen atoms in total. The summed E-state index contributed by atoms with van der Waals surface area (Å²) in [6.45, 7) is 6.17. The van der Waals surface area contributed by atoms with Crippen LogP contribution in [0.4, 0.5) is 4.79 Å². The monoisotopic (exact) mass is 389 g/mol. The number of ether oxygens (including phenoxy) is 1. The number of benzene rings is 1. The van der Waals surface area contributed by atoms with Crippen molar-refractivity contribution >= 4 is 17.8 Å². The van der Waals surface area contributed by atoms with Crippen LogP contribution in [0.3, 0.4) is 0 Å². The summed E-state index contributed by atoms with van der Waals surface area (Å²) >= 11 is 0. The second kappa shape index (κ2) is 9.57. The average Bonchev–Trinajstić information content (AvgIpc) is 2.92. The largest absolute Gasteiger partial charge is 0.497 e. The van der Waals surface area contributed by atoms with Crippen molar-refractivity contribution in [2.75, 3.05) is 20.2 Å². The van der Waals surface area contributed by atoms with Crippen molar-refractivity contribution in [1.82, 2.24) is 15.5 Å². The van der Waals surface area contributed by atoms with Crippen molar-refractivity contribution in [2.24, 2.45) is 5.92 Å². The molecule has 0 saturated carbocycles. The Morgan fingerprint density at radius 1 is 1.25 bits per heavy atom. The van der Waals surface area contributed by atoms with Gasteiger partial charge in [-0.25, -0.2) is 4.79 Å². The molecule has 154 valence electrons. The highest BCUT2D eigenvalue weighted by Gasteiger charge is 2.49. The minimum atomic E-state index is -1.20. The molecule has 1 aromatic rings. The Morgan fingerprint density at radius 3 is 2.50 bits per heavy atom. The minimum absolute atomic E-state index is 0.277. The van der Waals surface area contributed by atoms with E-state index >= 15 is 0 Å². The third kappa shape index (κ3) is 4.82. The highest BCUT2D eigenvalue weighted by molar-refractivity contribution is 6.09. The number of imide groups is 1. The lowest BCUT2D eigenvalue weighted by Gasteiger charge is -2.22. The number of carbonyl (C=O) groups excluding carboxylic acids is 3. The average molecular weight is 389 g/mol. The van der Waals surface area contributed by atoms with Crippen molar-refractivity contribution in [3.8, 4) is 5.75 Å². The fraction of sp³-hybridized carbons (Fsp3) is 0.571. The zero-order chi connectivity index (χ0) is 20.7. The van der Waals surface area contributed by atoms with Gasteiger partial charge in [-0.3, -0.25) is 14.5 Å². The first kappa shape index (κ1) is 21.7. The minimum Gasteiger partial charge on any atom is -0.497 e. The maximum Gasteiger partial charge on any atom is 0.325 e. The molecule has 2 N–H and O–H groups in total. The molecule has 28 heavy (non-hydrogen) atoms. The lowest BCUT2D eigenvalue weighted by molar-refractivity contribution is -0.134. The van der Waals surface area contributed by atoms with E-state index in [9.17, 15) is 14.4 Å². The number of hydrogen-bond donors (Lipinski definition) is 2. The molecule has 0 unspecified atom stereocenters. The van der Waals surface area contributed by atoms with E-state index in [1.54, 1.807) is 38.3 Å². The van der Waals surface area contributed by atoms with E-state index in [0.29, 0.717) is 23.8 Å². The summed E-state index contributed by atoms with van der Waals surface area (Å²) in [5, 5.41) is 5.57. The maximum absolute atomic E-state index is 12.9. The van der Waals surface area contributed by atoms with E-state index in [2.05, 4.69) is 24.5 Å². The molecular weight excluding hydrogens is 358 g/mol. The molecule has 1 saturated heterocycles. The normalized spacial score (nSPS) is 20.1. The highest BCUT2D eigenvalue weighted by atomic mass is 16.5. The van der Waals surface area contributed by atoms with Crippen LogP contribution in [0.1, 0.15) is 52.0 Å². The number of nitrogens with zero attached hydrogens (tertiary/aromatic N) is 1. The smallest absolute Gasteiger partial charge is 0.325 e. The van der Waals surface area contributed by atoms with E-state index in [0.717, 1.165) is 30.6 Å². The zero-order valence-electron chi connectivity index (χ0n) is 17.2. The Morgan fingerprint density at radius 2 is 1.93 bits per heavy atom. The fourth-order valence-corrected chi connectivity index (χ4v) is 3.36. The van der Waals surface area contributed by atoms with E-state index in [1.807, 2.05) is 0 Å². The summed E-state index contributed by atoms with van der Waals surface area (Å²) in [4.78, 5) is 38.5. The molecule has 0 radical (unpaired) electrons. The van der Waals surface area contributed by atoms with E-state index in [4.69, 9.17) is 4.74 Å². The maximum atomic E-state index is 12.9. The van der Waals surface area contributed by atoms with E-state index in [1.165, 1.54) is 0 Å². The van der Waals surface area contributed by atoms with Gasteiger partial charge >= 0.3 is 6.03 Å². The first-order chi connectivity index (χ1) is 13.3.